The number of aryl methyl sites for hydroxylation is 1. The van der Waals surface area contributed by atoms with Gasteiger partial charge in [-0.2, -0.15) is 0 Å². The van der Waals surface area contributed by atoms with Gasteiger partial charge in [-0.15, -0.1) is 0 Å². The van der Waals surface area contributed by atoms with E-state index in [0.29, 0.717) is 0 Å². The van der Waals surface area contributed by atoms with Crippen LogP contribution in [-0.4, -0.2) is 7.11 Å². The average molecular weight is 264 g/mol. The van der Waals surface area contributed by atoms with Crippen LogP contribution in [0.5, 0.6) is 5.75 Å². The maximum absolute atomic E-state index is 5.68. The molecule has 0 bridgehead atoms. The van der Waals surface area contributed by atoms with Crippen LogP contribution in [0.2, 0.25) is 0 Å². The summed E-state index contributed by atoms with van der Waals surface area (Å²) in [6.07, 6.45) is 7.52. The van der Waals surface area contributed by atoms with Crippen LogP contribution in [0.1, 0.15) is 62.6 Å². The van der Waals surface area contributed by atoms with E-state index in [2.05, 4.69) is 37.5 Å². The highest BCUT2D eigenvalue weighted by molar-refractivity contribution is 5.37. The van der Waals surface area contributed by atoms with Crippen LogP contribution in [0.4, 0.5) is 0 Å². The van der Waals surface area contributed by atoms with Gasteiger partial charge in [0.15, 0.2) is 0 Å². The Kier molecular flexibility index (Phi) is 7.53. The molecule has 19 heavy (non-hydrogen) atoms. The van der Waals surface area contributed by atoms with Crippen molar-refractivity contribution in [3.05, 3.63) is 29.3 Å². The van der Waals surface area contributed by atoms with Gasteiger partial charge in [0.05, 0.1) is 7.11 Å². The van der Waals surface area contributed by atoms with E-state index in [4.69, 9.17) is 10.6 Å². The minimum atomic E-state index is 0.219. The molecule has 3 N–H and O–H groups in total. The Labute approximate surface area is 117 Å². The van der Waals surface area contributed by atoms with Gasteiger partial charge in [-0.3, -0.25) is 11.3 Å². The van der Waals surface area contributed by atoms with Gasteiger partial charge in [0.25, 0.3) is 0 Å². The minimum absolute atomic E-state index is 0.219. The summed E-state index contributed by atoms with van der Waals surface area (Å²) in [7, 11) is 1.71. The molecule has 1 rings (SSSR count). The van der Waals surface area contributed by atoms with Crippen LogP contribution in [0.25, 0.3) is 0 Å². The number of hydrazine groups is 1. The van der Waals surface area contributed by atoms with E-state index in [0.717, 1.165) is 17.7 Å². The van der Waals surface area contributed by atoms with Crippen molar-refractivity contribution in [2.24, 2.45) is 5.84 Å². The lowest BCUT2D eigenvalue weighted by atomic mass is 9.99. The first-order chi connectivity index (χ1) is 9.22. The van der Waals surface area contributed by atoms with Crippen LogP contribution in [0.15, 0.2) is 18.2 Å². The summed E-state index contributed by atoms with van der Waals surface area (Å²) in [5, 5.41) is 0. The molecule has 3 heteroatoms. The van der Waals surface area contributed by atoms with E-state index < -0.39 is 0 Å². The first-order valence-electron chi connectivity index (χ1n) is 7.33. The summed E-state index contributed by atoms with van der Waals surface area (Å²) >= 11 is 0. The third-order valence-electron chi connectivity index (χ3n) is 3.63. The molecule has 108 valence electrons. The number of methoxy groups -OCH3 is 1. The first kappa shape index (κ1) is 16.0. The fourth-order valence-electron chi connectivity index (χ4n) is 2.35. The van der Waals surface area contributed by atoms with Gasteiger partial charge in [0, 0.05) is 6.04 Å². The summed E-state index contributed by atoms with van der Waals surface area (Å²) in [5.41, 5.74) is 5.29. The monoisotopic (exact) mass is 264 g/mol. The normalized spacial score (nSPS) is 12.4. The Bertz CT molecular complexity index is 366. The van der Waals surface area contributed by atoms with Crippen LogP contribution in [0, 0.1) is 6.92 Å². The highest BCUT2D eigenvalue weighted by atomic mass is 16.5. The molecular formula is C16H28N2O. The Morgan fingerprint density at radius 2 is 1.95 bits per heavy atom. The molecule has 0 fully saturated rings. The Hall–Kier alpha value is -1.06. The predicted octanol–water partition coefficient (Wildman–Crippen LogP) is 3.87. The molecule has 0 amide bonds. The molecule has 0 aliphatic rings. The Balaban J connectivity index is 2.54. The van der Waals surface area contributed by atoms with Gasteiger partial charge >= 0.3 is 0 Å². The summed E-state index contributed by atoms with van der Waals surface area (Å²) < 4.78 is 5.37. The molecule has 0 spiro atoms. The van der Waals surface area contributed by atoms with Crippen LogP contribution < -0.4 is 16.0 Å². The van der Waals surface area contributed by atoms with Gasteiger partial charge in [0.2, 0.25) is 0 Å². The van der Waals surface area contributed by atoms with Crippen molar-refractivity contribution in [3.63, 3.8) is 0 Å². The topological polar surface area (TPSA) is 47.3 Å². The second-order valence-electron chi connectivity index (χ2n) is 5.15. The van der Waals surface area contributed by atoms with E-state index in [9.17, 15) is 0 Å². The maximum atomic E-state index is 5.68. The second kappa shape index (κ2) is 8.94. The number of rotatable bonds is 9. The predicted molar refractivity (Wildman–Crippen MR) is 81.2 cm³/mol. The summed E-state index contributed by atoms with van der Waals surface area (Å²) in [4.78, 5) is 0. The Morgan fingerprint density at radius 3 is 2.58 bits per heavy atom. The number of unbranched alkanes of at least 4 members (excludes halogenated alkanes) is 4. The number of nitrogens with two attached hydrogens (primary N) is 1. The largest absolute Gasteiger partial charge is 0.496 e. The van der Waals surface area contributed by atoms with Crippen molar-refractivity contribution >= 4 is 0 Å². The molecule has 1 aromatic carbocycles. The lowest BCUT2D eigenvalue weighted by Crippen LogP contribution is -2.28. The number of benzene rings is 1. The Morgan fingerprint density at radius 1 is 1.21 bits per heavy atom. The second-order valence-corrected chi connectivity index (χ2v) is 5.15. The lowest BCUT2D eigenvalue weighted by molar-refractivity contribution is 0.408. The van der Waals surface area contributed by atoms with Crippen molar-refractivity contribution < 1.29 is 4.74 Å². The van der Waals surface area contributed by atoms with Gasteiger partial charge in [-0.25, -0.2) is 0 Å². The average Bonchev–Trinajstić information content (AvgIpc) is 2.44. The number of nitrogens with one attached hydrogen (secondary N) is 1. The zero-order valence-electron chi connectivity index (χ0n) is 12.5. The van der Waals surface area contributed by atoms with Crippen LogP contribution in [-0.2, 0) is 0 Å². The SMILES string of the molecule is CCCCCCCC(NN)c1ccc(C)c(OC)c1. The molecule has 3 nitrogen and oxygen atoms in total. The minimum Gasteiger partial charge on any atom is -0.496 e. The van der Waals surface area contributed by atoms with Gasteiger partial charge < -0.3 is 4.74 Å². The van der Waals surface area contributed by atoms with Gasteiger partial charge in [-0.05, 0) is 30.5 Å². The molecule has 1 atom stereocenters. The highest BCUT2D eigenvalue weighted by Crippen LogP contribution is 2.26. The standard InChI is InChI=1S/C16H28N2O/c1-4-5-6-7-8-9-15(18-17)14-11-10-13(2)16(12-14)19-3/h10-12,15,18H,4-9,17H2,1-3H3. The zero-order valence-corrected chi connectivity index (χ0v) is 12.5. The first-order valence-corrected chi connectivity index (χ1v) is 7.33. The van der Waals surface area contributed by atoms with Crippen molar-refractivity contribution in [1.29, 1.82) is 0 Å². The lowest BCUT2D eigenvalue weighted by Gasteiger charge is -2.18. The van der Waals surface area contributed by atoms with Gasteiger partial charge in [0.1, 0.15) is 5.75 Å². The van der Waals surface area contributed by atoms with Crippen molar-refractivity contribution in [3.8, 4) is 5.75 Å². The molecule has 0 radical (unpaired) electrons. The molecule has 0 aliphatic heterocycles. The zero-order chi connectivity index (χ0) is 14.1. The summed E-state index contributed by atoms with van der Waals surface area (Å²) in [6.45, 7) is 4.29. The van der Waals surface area contributed by atoms with Crippen LogP contribution in [0.3, 0.4) is 0 Å². The van der Waals surface area contributed by atoms with Crippen molar-refractivity contribution in [1.82, 2.24) is 5.43 Å². The fraction of sp³-hybridized carbons (Fsp3) is 0.625. The molecule has 0 aliphatic carbocycles. The molecule has 0 aromatic heterocycles. The van der Waals surface area contributed by atoms with E-state index in [1.165, 1.54) is 37.7 Å². The van der Waals surface area contributed by atoms with E-state index in [-0.39, 0.29) is 6.04 Å². The molecule has 0 heterocycles. The molecule has 0 saturated carbocycles. The number of hydrogen-bond donors (Lipinski definition) is 2. The highest BCUT2D eigenvalue weighted by Gasteiger charge is 2.11. The maximum Gasteiger partial charge on any atom is 0.122 e. The summed E-state index contributed by atoms with van der Waals surface area (Å²) in [6, 6.07) is 6.53. The van der Waals surface area contributed by atoms with E-state index in [1.54, 1.807) is 7.11 Å². The fourth-order valence-corrected chi connectivity index (χ4v) is 2.35. The molecule has 1 aromatic rings. The third-order valence-corrected chi connectivity index (χ3v) is 3.63. The summed E-state index contributed by atoms with van der Waals surface area (Å²) in [5.74, 6) is 6.62. The number of hydrogen-bond acceptors (Lipinski definition) is 3. The van der Waals surface area contributed by atoms with E-state index in [1.807, 2.05) is 0 Å². The molecule has 0 saturated heterocycles. The van der Waals surface area contributed by atoms with Crippen molar-refractivity contribution in [2.75, 3.05) is 7.11 Å². The van der Waals surface area contributed by atoms with Crippen LogP contribution >= 0.6 is 0 Å². The molecule has 1 unspecified atom stereocenters. The smallest absolute Gasteiger partial charge is 0.122 e. The third kappa shape index (κ3) is 5.21. The quantitative estimate of drug-likeness (QED) is 0.404. The molecular weight excluding hydrogens is 236 g/mol. The van der Waals surface area contributed by atoms with Crippen molar-refractivity contribution in [2.45, 2.75) is 58.4 Å². The van der Waals surface area contributed by atoms with Gasteiger partial charge in [-0.1, -0.05) is 51.2 Å². The number of ether oxygens (including phenoxy) is 1. The van der Waals surface area contributed by atoms with E-state index >= 15 is 0 Å².